The van der Waals surface area contributed by atoms with Crippen LogP contribution in [0.2, 0.25) is 0 Å². The van der Waals surface area contributed by atoms with E-state index >= 15 is 0 Å². The fourth-order valence-corrected chi connectivity index (χ4v) is 1.09. The molecule has 15 heavy (non-hydrogen) atoms. The lowest BCUT2D eigenvalue weighted by atomic mass is 10.2. The topological polar surface area (TPSA) is 89.9 Å². The normalized spacial score (nSPS) is 12.7. The molecule has 0 rings (SSSR count). The molecule has 6 nitrogen and oxygen atoms in total. The van der Waals surface area contributed by atoms with Gasteiger partial charge in [-0.15, -0.1) is 0 Å². The highest BCUT2D eigenvalue weighted by molar-refractivity contribution is 5.80. The summed E-state index contributed by atoms with van der Waals surface area (Å²) in [7, 11) is 3.85. The molecule has 1 atom stereocenters. The van der Waals surface area contributed by atoms with Crippen molar-refractivity contribution in [3.63, 3.8) is 0 Å². The number of nitrogens with zero attached hydrogens (tertiary/aromatic N) is 1. The van der Waals surface area contributed by atoms with Gasteiger partial charge in [-0.2, -0.15) is 0 Å². The second kappa shape index (κ2) is 7.19. The van der Waals surface area contributed by atoms with Gasteiger partial charge in [-0.25, -0.2) is 0 Å². The molecular formula is C9H18N2O4. The third-order valence-corrected chi connectivity index (χ3v) is 1.85. The van der Waals surface area contributed by atoms with Gasteiger partial charge in [-0.3, -0.25) is 9.59 Å². The number of rotatable bonds is 8. The Labute approximate surface area is 88.9 Å². The van der Waals surface area contributed by atoms with Crippen LogP contribution in [0, 0.1) is 0 Å². The summed E-state index contributed by atoms with van der Waals surface area (Å²) < 4.78 is 0. The van der Waals surface area contributed by atoms with Crippen LogP contribution in [-0.4, -0.2) is 60.3 Å². The number of carbonyl (C=O) groups is 2. The quantitative estimate of drug-likeness (QED) is 0.474. The van der Waals surface area contributed by atoms with Gasteiger partial charge in [0.15, 0.2) is 0 Å². The van der Waals surface area contributed by atoms with Gasteiger partial charge < -0.3 is 20.4 Å². The van der Waals surface area contributed by atoms with Crippen molar-refractivity contribution in [3.8, 4) is 0 Å². The Balaban J connectivity index is 3.77. The second-order valence-electron chi connectivity index (χ2n) is 3.60. The van der Waals surface area contributed by atoms with Crippen molar-refractivity contribution in [2.24, 2.45) is 0 Å². The number of hydrogen-bond acceptors (Lipinski definition) is 4. The lowest BCUT2D eigenvalue weighted by Gasteiger charge is -2.13. The smallest absolute Gasteiger partial charge is 0.321 e. The highest BCUT2D eigenvalue weighted by atomic mass is 16.4. The van der Waals surface area contributed by atoms with Crippen molar-refractivity contribution in [2.45, 2.75) is 18.9 Å². The Morgan fingerprint density at radius 1 is 1.33 bits per heavy atom. The number of nitrogens with one attached hydrogen (secondary N) is 1. The number of carboxylic acids is 2. The molecule has 6 heteroatoms. The SMILES string of the molecule is CN(C)CCCN[C@@H](CC(=O)O)C(=O)O. The van der Waals surface area contributed by atoms with Gasteiger partial charge >= 0.3 is 11.9 Å². The van der Waals surface area contributed by atoms with E-state index in [9.17, 15) is 9.59 Å². The summed E-state index contributed by atoms with van der Waals surface area (Å²) in [6.45, 7) is 1.34. The maximum atomic E-state index is 10.6. The molecule has 0 radical (unpaired) electrons. The van der Waals surface area contributed by atoms with E-state index in [4.69, 9.17) is 10.2 Å². The highest BCUT2D eigenvalue weighted by Crippen LogP contribution is 1.93. The zero-order chi connectivity index (χ0) is 11.8. The Hall–Kier alpha value is -1.14. The average Bonchev–Trinajstić information content (AvgIpc) is 2.08. The van der Waals surface area contributed by atoms with Gasteiger partial charge in [-0.1, -0.05) is 0 Å². The first-order valence-corrected chi connectivity index (χ1v) is 4.76. The van der Waals surface area contributed by atoms with Crippen LogP contribution >= 0.6 is 0 Å². The summed E-state index contributed by atoms with van der Waals surface area (Å²) in [6.07, 6.45) is 0.397. The first-order valence-electron chi connectivity index (χ1n) is 4.76. The fraction of sp³-hybridized carbons (Fsp3) is 0.778. The minimum atomic E-state index is -1.12. The monoisotopic (exact) mass is 218 g/mol. The van der Waals surface area contributed by atoms with Crippen LogP contribution in [0.15, 0.2) is 0 Å². The van der Waals surface area contributed by atoms with Crippen molar-refractivity contribution in [1.29, 1.82) is 0 Å². The lowest BCUT2D eigenvalue weighted by molar-refractivity contribution is -0.145. The molecule has 0 aromatic heterocycles. The fourth-order valence-electron chi connectivity index (χ4n) is 1.09. The Morgan fingerprint density at radius 2 is 1.93 bits per heavy atom. The Bertz CT molecular complexity index is 218. The zero-order valence-corrected chi connectivity index (χ0v) is 9.06. The molecular weight excluding hydrogens is 200 g/mol. The molecule has 0 aliphatic heterocycles. The predicted molar refractivity (Wildman–Crippen MR) is 54.9 cm³/mol. The summed E-state index contributed by atoms with van der Waals surface area (Å²) in [6, 6.07) is -0.996. The van der Waals surface area contributed by atoms with Gasteiger partial charge in [0, 0.05) is 0 Å². The van der Waals surface area contributed by atoms with Crippen LogP contribution in [-0.2, 0) is 9.59 Å². The van der Waals surface area contributed by atoms with E-state index in [0.29, 0.717) is 6.54 Å². The number of aliphatic carboxylic acids is 2. The molecule has 0 unspecified atom stereocenters. The largest absolute Gasteiger partial charge is 0.481 e. The second-order valence-corrected chi connectivity index (χ2v) is 3.60. The molecule has 3 N–H and O–H groups in total. The summed E-state index contributed by atoms with van der Waals surface area (Å²) in [4.78, 5) is 23.0. The molecule has 0 aliphatic carbocycles. The lowest BCUT2D eigenvalue weighted by Crippen LogP contribution is -2.39. The van der Waals surface area contributed by atoms with Gasteiger partial charge in [0.2, 0.25) is 0 Å². The van der Waals surface area contributed by atoms with E-state index in [0.717, 1.165) is 13.0 Å². The molecule has 0 saturated carbocycles. The van der Waals surface area contributed by atoms with E-state index < -0.39 is 24.4 Å². The maximum absolute atomic E-state index is 10.6. The molecule has 0 heterocycles. The summed E-state index contributed by atoms with van der Waals surface area (Å²) in [5, 5.41) is 19.9. The van der Waals surface area contributed by atoms with Gasteiger partial charge in [0.25, 0.3) is 0 Å². The molecule has 0 bridgehead atoms. The minimum Gasteiger partial charge on any atom is -0.481 e. The van der Waals surface area contributed by atoms with Crippen molar-refractivity contribution >= 4 is 11.9 Å². The molecule has 0 amide bonds. The molecule has 0 aromatic carbocycles. The summed E-state index contributed by atoms with van der Waals surface area (Å²) in [5.41, 5.74) is 0. The van der Waals surface area contributed by atoms with Crippen LogP contribution in [0.4, 0.5) is 0 Å². The van der Waals surface area contributed by atoms with Crippen molar-refractivity contribution in [2.75, 3.05) is 27.2 Å². The molecule has 0 saturated heterocycles. The van der Waals surface area contributed by atoms with E-state index in [2.05, 4.69) is 5.32 Å². The van der Waals surface area contributed by atoms with Gasteiger partial charge in [-0.05, 0) is 33.6 Å². The van der Waals surface area contributed by atoms with E-state index in [1.54, 1.807) is 0 Å². The summed E-state index contributed by atoms with van der Waals surface area (Å²) in [5.74, 6) is -2.23. The van der Waals surface area contributed by atoms with Crippen LogP contribution in [0.25, 0.3) is 0 Å². The number of hydrogen-bond donors (Lipinski definition) is 3. The third-order valence-electron chi connectivity index (χ3n) is 1.85. The van der Waals surface area contributed by atoms with Gasteiger partial charge in [0.1, 0.15) is 6.04 Å². The van der Waals surface area contributed by atoms with Crippen LogP contribution in [0.1, 0.15) is 12.8 Å². The van der Waals surface area contributed by atoms with E-state index in [1.807, 2.05) is 19.0 Å². The van der Waals surface area contributed by atoms with Crippen LogP contribution in [0.3, 0.4) is 0 Å². The van der Waals surface area contributed by atoms with Crippen LogP contribution in [0.5, 0.6) is 0 Å². The number of carboxylic acid groups (broad SMARTS) is 2. The summed E-state index contributed by atoms with van der Waals surface area (Å²) >= 11 is 0. The highest BCUT2D eigenvalue weighted by Gasteiger charge is 2.19. The van der Waals surface area contributed by atoms with E-state index in [1.165, 1.54) is 0 Å². The first-order chi connectivity index (χ1) is 6.93. The van der Waals surface area contributed by atoms with Gasteiger partial charge in [0.05, 0.1) is 6.42 Å². The predicted octanol–water partition coefficient (Wildman–Crippen LogP) is -0.544. The van der Waals surface area contributed by atoms with Crippen molar-refractivity contribution < 1.29 is 19.8 Å². The molecule has 0 fully saturated rings. The van der Waals surface area contributed by atoms with Crippen molar-refractivity contribution in [1.82, 2.24) is 10.2 Å². The van der Waals surface area contributed by atoms with Crippen LogP contribution < -0.4 is 5.32 Å². The zero-order valence-electron chi connectivity index (χ0n) is 9.06. The molecule has 0 aliphatic rings. The Morgan fingerprint density at radius 3 is 2.33 bits per heavy atom. The Kier molecular flexibility index (Phi) is 6.64. The van der Waals surface area contributed by atoms with E-state index in [-0.39, 0.29) is 0 Å². The molecule has 0 aromatic rings. The molecule has 88 valence electrons. The molecule has 0 spiro atoms. The standard InChI is InChI=1S/C9H18N2O4/c1-11(2)5-3-4-10-7(9(14)15)6-8(12)13/h7,10H,3-6H2,1-2H3,(H,12,13)(H,14,15)/t7-/m0/s1. The average molecular weight is 218 g/mol. The third kappa shape index (κ3) is 7.90. The minimum absolute atomic E-state index is 0.392. The van der Waals surface area contributed by atoms with Crippen molar-refractivity contribution in [3.05, 3.63) is 0 Å². The first kappa shape index (κ1) is 13.9. The maximum Gasteiger partial charge on any atom is 0.321 e.